The van der Waals surface area contributed by atoms with Crippen LogP contribution in [0.4, 0.5) is 4.79 Å². The van der Waals surface area contributed by atoms with E-state index in [4.69, 9.17) is 0 Å². The van der Waals surface area contributed by atoms with Crippen molar-refractivity contribution in [2.75, 3.05) is 33.7 Å². The van der Waals surface area contributed by atoms with Gasteiger partial charge in [0.1, 0.15) is 6.04 Å². The van der Waals surface area contributed by atoms with Gasteiger partial charge in [-0.25, -0.2) is 4.79 Å². The third kappa shape index (κ3) is 5.25. The Balaban J connectivity index is 2.18. The van der Waals surface area contributed by atoms with Crippen molar-refractivity contribution < 1.29 is 14.4 Å². The molecule has 0 spiro atoms. The first-order chi connectivity index (χ1) is 13.9. The van der Waals surface area contributed by atoms with Gasteiger partial charge in [-0.15, -0.1) is 0 Å². The molecule has 2 aliphatic heterocycles. The highest BCUT2D eigenvalue weighted by Crippen LogP contribution is 2.28. The van der Waals surface area contributed by atoms with Gasteiger partial charge >= 0.3 is 6.03 Å². The van der Waals surface area contributed by atoms with Crippen LogP contribution in [-0.4, -0.2) is 90.4 Å². The Kier molecular flexibility index (Phi) is 7.77. The highest BCUT2D eigenvalue weighted by Gasteiger charge is 2.43. The summed E-state index contributed by atoms with van der Waals surface area (Å²) in [5.41, 5.74) is -0.419. The minimum absolute atomic E-state index is 0.0160. The zero-order valence-electron chi connectivity index (χ0n) is 20.0. The van der Waals surface area contributed by atoms with Crippen LogP contribution in [0.1, 0.15) is 54.4 Å². The number of urea groups is 1. The Morgan fingerprint density at radius 2 is 1.83 bits per heavy atom. The van der Waals surface area contributed by atoms with Gasteiger partial charge in [0, 0.05) is 32.7 Å². The summed E-state index contributed by atoms with van der Waals surface area (Å²) in [5.74, 6) is 0.120. The smallest absolute Gasteiger partial charge is 0.320 e. The molecule has 2 fully saturated rings. The second-order valence-electron chi connectivity index (χ2n) is 10.3. The Morgan fingerprint density at radius 3 is 2.37 bits per heavy atom. The Bertz CT molecular complexity index is 645. The highest BCUT2D eigenvalue weighted by atomic mass is 16.2. The lowest BCUT2D eigenvalue weighted by Crippen LogP contribution is -2.59. The average Bonchev–Trinajstić information content (AvgIpc) is 3.23. The summed E-state index contributed by atoms with van der Waals surface area (Å²) in [6, 6.07) is -0.801. The van der Waals surface area contributed by atoms with Crippen LogP contribution in [0, 0.1) is 11.3 Å². The zero-order chi connectivity index (χ0) is 22.8. The van der Waals surface area contributed by atoms with Crippen molar-refractivity contribution >= 4 is 17.8 Å². The molecule has 4 amide bonds. The molecule has 172 valence electrons. The van der Waals surface area contributed by atoms with Crippen molar-refractivity contribution in [1.29, 1.82) is 0 Å². The van der Waals surface area contributed by atoms with Crippen LogP contribution in [0.15, 0.2) is 0 Å². The van der Waals surface area contributed by atoms with Crippen LogP contribution in [0.2, 0.25) is 0 Å². The van der Waals surface area contributed by atoms with Gasteiger partial charge in [-0.3, -0.25) is 9.59 Å². The largest absolute Gasteiger partial charge is 0.342 e. The Labute approximate surface area is 181 Å². The molecule has 0 aliphatic carbocycles. The fourth-order valence-corrected chi connectivity index (χ4v) is 4.36. The second-order valence-corrected chi connectivity index (χ2v) is 10.3. The van der Waals surface area contributed by atoms with E-state index >= 15 is 0 Å². The predicted molar refractivity (Wildman–Crippen MR) is 118 cm³/mol. The zero-order valence-corrected chi connectivity index (χ0v) is 20.0. The molecule has 8 heteroatoms. The van der Waals surface area contributed by atoms with Gasteiger partial charge in [-0.1, -0.05) is 34.6 Å². The van der Waals surface area contributed by atoms with Gasteiger partial charge in [-0.2, -0.15) is 0 Å². The molecule has 8 nitrogen and oxygen atoms in total. The molecule has 0 saturated carbocycles. The van der Waals surface area contributed by atoms with Gasteiger partial charge in [0.05, 0.1) is 12.1 Å². The number of nitrogens with one attached hydrogen (secondary N) is 2. The van der Waals surface area contributed by atoms with Crippen LogP contribution in [0.5, 0.6) is 0 Å². The lowest BCUT2D eigenvalue weighted by Gasteiger charge is -2.38. The van der Waals surface area contributed by atoms with E-state index in [-0.39, 0.29) is 36.0 Å². The first kappa shape index (κ1) is 24.4. The molecule has 0 aromatic rings. The van der Waals surface area contributed by atoms with Crippen molar-refractivity contribution in [3.63, 3.8) is 0 Å². The summed E-state index contributed by atoms with van der Waals surface area (Å²) < 4.78 is 0. The van der Waals surface area contributed by atoms with Crippen molar-refractivity contribution in [2.24, 2.45) is 11.3 Å². The number of likely N-dealkylation sites (N-methyl/N-ethyl adjacent to an activating group) is 2. The lowest BCUT2D eigenvalue weighted by molar-refractivity contribution is -0.140. The molecule has 0 aromatic heterocycles. The number of rotatable bonds is 7. The number of hydrogen-bond acceptors (Lipinski definition) is 4. The Hall–Kier alpha value is -1.83. The summed E-state index contributed by atoms with van der Waals surface area (Å²) in [6.07, 6.45) is 1.79. The normalized spacial score (nSPS) is 24.6. The third-order valence-electron chi connectivity index (χ3n) is 6.50. The summed E-state index contributed by atoms with van der Waals surface area (Å²) >= 11 is 0. The topological polar surface area (TPSA) is 85.0 Å². The Morgan fingerprint density at radius 1 is 1.20 bits per heavy atom. The van der Waals surface area contributed by atoms with Crippen molar-refractivity contribution in [3.8, 4) is 0 Å². The third-order valence-corrected chi connectivity index (χ3v) is 6.50. The number of carbonyl (C=O) groups excluding carboxylic acids is 3. The van der Waals surface area contributed by atoms with Crippen molar-refractivity contribution in [1.82, 2.24) is 25.3 Å². The van der Waals surface area contributed by atoms with E-state index in [1.165, 1.54) is 0 Å². The fraction of sp³-hybridized carbons (Fsp3) is 0.864. The first-order valence-electron chi connectivity index (χ1n) is 11.2. The van der Waals surface area contributed by atoms with Crippen LogP contribution >= 0.6 is 0 Å². The molecule has 1 unspecified atom stereocenters. The second kappa shape index (κ2) is 9.54. The minimum Gasteiger partial charge on any atom is -0.342 e. The van der Waals surface area contributed by atoms with E-state index in [1.807, 2.05) is 37.6 Å². The fourth-order valence-electron chi connectivity index (χ4n) is 4.36. The number of amides is 4. The maximum Gasteiger partial charge on any atom is 0.320 e. The number of likely N-dealkylation sites (tertiary alicyclic amines) is 1. The molecule has 2 N–H and O–H groups in total. The monoisotopic (exact) mass is 423 g/mol. The van der Waals surface area contributed by atoms with E-state index in [0.717, 1.165) is 19.4 Å². The van der Waals surface area contributed by atoms with Crippen molar-refractivity contribution in [2.45, 2.75) is 78.6 Å². The maximum atomic E-state index is 13.6. The van der Waals surface area contributed by atoms with Crippen LogP contribution in [0.25, 0.3) is 0 Å². The standard InChI is InChI=1S/C22H41N5O3/c1-14(2)17-13-25(8)21(30)27(17)12-16-10-9-11-26(16)20(29)18(22(4,5)6)24-19(28)15(3)23-7/h14-18,23H,9-13H2,1-8H3,(H,24,28)/t15-,16-,17?,18+/m0/s1. The van der Waals surface area contributed by atoms with Crippen molar-refractivity contribution in [3.05, 3.63) is 0 Å². The van der Waals surface area contributed by atoms with Gasteiger partial charge in [0.25, 0.3) is 0 Å². The minimum atomic E-state index is -0.612. The van der Waals surface area contributed by atoms with E-state index in [0.29, 0.717) is 19.0 Å². The molecular formula is C22H41N5O3. The van der Waals surface area contributed by atoms with E-state index < -0.39 is 11.5 Å². The molecule has 2 saturated heterocycles. The summed E-state index contributed by atoms with van der Waals surface area (Å²) in [6.45, 7) is 13.9. The number of nitrogens with zero attached hydrogens (tertiary/aromatic N) is 3. The molecular weight excluding hydrogens is 382 g/mol. The van der Waals surface area contributed by atoms with Crippen LogP contribution < -0.4 is 10.6 Å². The van der Waals surface area contributed by atoms with Gasteiger partial charge in [0.15, 0.2) is 0 Å². The highest BCUT2D eigenvalue weighted by molar-refractivity contribution is 5.90. The van der Waals surface area contributed by atoms with Gasteiger partial charge in [-0.05, 0) is 38.1 Å². The number of hydrogen-bond donors (Lipinski definition) is 2. The molecule has 0 bridgehead atoms. The predicted octanol–water partition coefficient (Wildman–Crippen LogP) is 1.51. The molecule has 2 rings (SSSR count). The van der Waals surface area contributed by atoms with E-state index in [2.05, 4.69) is 24.5 Å². The summed E-state index contributed by atoms with van der Waals surface area (Å²) in [7, 11) is 3.56. The molecule has 2 aliphatic rings. The van der Waals surface area contributed by atoms with E-state index in [9.17, 15) is 14.4 Å². The van der Waals surface area contributed by atoms with Crippen LogP contribution in [-0.2, 0) is 9.59 Å². The molecule has 0 radical (unpaired) electrons. The average molecular weight is 424 g/mol. The summed E-state index contributed by atoms with van der Waals surface area (Å²) in [5, 5.41) is 5.89. The molecule has 0 aromatic carbocycles. The molecule has 2 heterocycles. The molecule has 30 heavy (non-hydrogen) atoms. The van der Waals surface area contributed by atoms with E-state index in [1.54, 1.807) is 18.9 Å². The van der Waals surface area contributed by atoms with Gasteiger partial charge in [0.2, 0.25) is 11.8 Å². The quantitative estimate of drug-likeness (QED) is 0.650. The molecule has 4 atom stereocenters. The summed E-state index contributed by atoms with van der Waals surface area (Å²) in [4.78, 5) is 44.4. The maximum absolute atomic E-state index is 13.6. The lowest BCUT2D eigenvalue weighted by atomic mass is 9.85. The van der Waals surface area contributed by atoms with Crippen LogP contribution in [0.3, 0.4) is 0 Å². The number of carbonyl (C=O) groups is 3. The first-order valence-corrected chi connectivity index (χ1v) is 11.2. The van der Waals surface area contributed by atoms with Gasteiger partial charge < -0.3 is 25.3 Å². The SMILES string of the molecule is CN[C@@H](C)C(=O)N[C@H](C(=O)N1CCC[C@H]1CN1C(=O)N(C)CC1C(C)C)C(C)(C)C.